The van der Waals surface area contributed by atoms with Crippen LogP contribution in [-0.4, -0.2) is 60.4 Å². The zero-order valence-electron chi connectivity index (χ0n) is 13.2. The summed E-state index contributed by atoms with van der Waals surface area (Å²) in [5.41, 5.74) is 5.78. The number of aromatic nitrogens is 2. The van der Waals surface area contributed by atoms with Gasteiger partial charge in [0.05, 0.1) is 0 Å². The highest BCUT2D eigenvalue weighted by atomic mass is 127. The highest BCUT2D eigenvalue weighted by molar-refractivity contribution is 14.1. The van der Waals surface area contributed by atoms with Crippen LogP contribution in [0.5, 0.6) is 0 Å². The summed E-state index contributed by atoms with van der Waals surface area (Å²) in [5.74, 6) is -3.48. The molecular formula is C15H17IN4O6. The van der Waals surface area contributed by atoms with Crippen molar-refractivity contribution in [3.8, 4) is 0 Å². The molecule has 1 aromatic heterocycles. The van der Waals surface area contributed by atoms with E-state index >= 15 is 0 Å². The van der Waals surface area contributed by atoms with Crippen LogP contribution >= 0.6 is 22.6 Å². The first-order valence-electron chi connectivity index (χ1n) is 7.55. The fourth-order valence-corrected chi connectivity index (χ4v) is 3.02. The average Bonchev–Trinajstić information content (AvgIpc) is 3.17. The zero-order valence-corrected chi connectivity index (χ0v) is 15.4. The van der Waals surface area contributed by atoms with Crippen LogP contribution < -0.4 is 11.1 Å². The molecule has 0 saturated carbocycles. The van der Waals surface area contributed by atoms with E-state index in [1.165, 1.54) is 12.4 Å². The predicted molar refractivity (Wildman–Crippen MR) is 96.6 cm³/mol. The molecule has 10 nitrogen and oxygen atoms in total. The molecule has 140 valence electrons. The fourth-order valence-electron chi connectivity index (χ4n) is 2.66. The number of hydrogen-bond acceptors (Lipinski definition) is 8. The van der Waals surface area contributed by atoms with Gasteiger partial charge in [-0.25, -0.2) is 4.98 Å². The second kappa shape index (κ2) is 7.19. The lowest BCUT2D eigenvalue weighted by Gasteiger charge is -2.28. The standard InChI is InChI=1S/C15H17IN4O6/c16-7-1-3-8(4-2-7)19-14(24)13-18-5-6-20(13)15(25)11(22)9(21)10(26-15)12(17)23/h1-6,9-12,21-23,25H,17H2,(H,19,24)/t9-,10+,11-,12?,15-/m1/s1. The van der Waals surface area contributed by atoms with Crippen LogP contribution in [0.25, 0.3) is 0 Å². The number of carbonyl (C=O) groups excluding carboxylic acids is 1. The molecule has 0 spiro atoms. The van der Waals surface area contributed by atoms with Gasteiger partial charge in [0, 0.05) is 21.7 Å². The zero-order chi connectivity index (χ0) is 19.1. The number of amides is 1. The van der Waals surface area contributed by atoms with E-state index < -0.39 is 36.4 Å². The number of anilines is 1. The molecule has 1 aromatic carbocycles. The van der Waals surface area contributed by atoms with Crippen molar-refractivity contribution in [3.63, 3.8) is 0 Å². The molecule has 1 amide bonds. The summed E-state index contributed by atoms with van der Waals surface area (Å²) < 4.78 is 7.01. The van der Waals surface area contributed by atoms with E-state index in [4.69, 9.17) is 10.5 Å². The smallest absolute Gasteiger partial charge is 0.291 e. The maximum absolute atomic E-state index is 12.5. The van der Waals surface area contributed by atoms with E-state index in [9.17, 15) is 25.2 Å². The van der Waals surface area contributed by atoms with Crippen molar-refractivity contribution in [2.45, 2.75) is 30.5 Å². The van der Waals surface area contributed by atoms with Gasteiger partial charge in [-0.15, -0.1) is 0 Å². The van der Waals surface area contributed by atoms with E-state index in [2.05, 4.69) is 32.9 Å². The number of aliphatic hydroxyl groups is 4. The number of aliphatic hydroxyl groups excluding tert-OH is 3. The molecule has 3 rings (SSSR count). The molecule has 1 aliphatic heterocycles. The Bertz CT molecular complexity index is 798. The highest BCUT2D eigenvalue weighted by Crippen LogP contribution is 2.35. The van der Waals surface area contributed by atoms with Gasteiger partial charge in [-0.05, 0) is 46.9 Å². The van der Waals surface area contributed by atoms with Gasteiger partial charge in [-0.3, -0.25) is 9.36 Å². The average molecular weight is 476 g/mol. The first-order valence-corrected chi connectivity index (χ1v) is 8.62. The van der Waals surface area contributed by atoms with Gasteiger partial charge < -0.3 is 36.2 Å². The molecule has 0 aliphatic carbocycles. The van der Waals surface area contributed by atoms with Crippen molar-refractivity contribution in [3.05, 3.63) is 46.1 Å². The van der Waals surface area contributed by atoms with Crippen LogP contribution in [0.2, 0.25) is 0 Å². The van der Waals surface area contributed by atoms with Crippen molar-refractivity contribution in [1.82, 2.24) is 9.55 Å². The molecule has 1 fully saturated rings. The normalized spacial score (nSPS) is 29.5. The Balaban J connectivity index is 1.88. The Morgan fingerprint density at radius 1 is 1.38 bits per heavy atom. The summed E-state index contributed by atoms with van der Waals surface area (Å²) in [7, 11) is 0. The Labute approximate surface area is 161 Å². The summed E-state index contributed by atoms with van der Waals surface area (Å²) >= 11 is 2.12. The number of rotatable bonds is 4. The van der Waals surface area contributed by atoms with E-state index in [0.717, 1.165) is 8.14 Å². The molecule has 1 unspecified atom stereocenters. The molecule has 1 aliphatic rings. The number of halogens is 1. The number of nitrogens with zero attached hydrogens (tertiary/aromatic N) is 2. The molecule has 2 heterocycles. The van der Waals surface area contributed by atoms with Crippen LogP contribution in [-0.2, 0) is 10.6 Å². The van der Waals surface area contributed by atoms with Crippen LogP contribution in [0.15, 0.2) is 36.7 Å². The number of imidazole rings is 1. The second-order valence-corrected chi connectivity index (χ2v) is 6.99. The topological polar surface area (TPSA) is 163 Å². The van der Waals surface area contributed by atoms with Crippen molar-refractivity contribution < 1.29 is 30.0 Å². The maximum atomic E-state index is 12.5. The first kappa shape index (κ1) is 19.2. The van der Waals surface area contributed by atoms with Crippen molar-refractivity contribution in [2.75, 3.05) is 5.32 Å². The minimum absolute atomic E-state index is 0.274. The third kappa shape index (κ3) is 3.34. The molecule has 7 N–H and O–H groups in total. The Hall–Kier alpha value is -1.61. The lowest BCUT2D eigenvalue weighted by atomic mass is 10.1. The molecule has 26 heavy (non-hydrogen) atoms. The van der Waals surface area contributed by atoms with Crippen molar-refractivity contribution >= 4 is 34.2 Å². The van der Waals surface area contributed by atoms with Crippen molar-refractivity contribution in [2.24, 2.45) is 5.73 Å². The molecule has 5 atom stereocenters. The Morgan fingerprint density at radius 2 is 2.04 bits per heavy atom. The molecular weight excluding hydrogens is 459 g/mol. The number of hydrogen-bond donors (Lipinski definition) is 6. The first-order chi connectivity index (χ1) is 12.2. The quantitative estimate of drug-likeness (QED) is 0.235. The van der Waals surface area contributed by atoms with Gasteiger partial charge in [0.2, 0.25) is 5.82 Å². The number of nitrogens with two attached hydrogens (primary N) is 1. The van der Waals surface area contributed by atoms with Gasteiger partial charge in [0.1, 0.15) is 18.4 Å². The third-order valence-electron chi connectivity index (χ3n) is 3.98. The largest absolute Gasteiger partial charge is 0.387 e. The number of carbonyl (C=O) groups is 1. The van der Waals surface area contributed by atoms with Gasteiger partial charge in [-0.1, -0.05) is 0 Å². The van der Waals surface area contributed by atoms with Crippen LogP contribution in [0.3, 0.4) is 0 Å². The summed E-state index contributed by atoms with van der Waals surface area (Å²) in [5, 5.41) is 42.8. The molecule has 11 heteroatoms. The monoisotopic (exact) mass is 476 g/mol. The van der Waals surface area contributed by atoms with Crippen molar-refractivity contribution in [1.29, 1.82) is 0 Å². The number of ether oxygens (including phenoxy) is 1. The van der Waals surface area contributed by atoms with E-state index in [-0.39, 0.29) is 5.82 Å². The van der Waals surface area contributed by atoms with E-state index in [0.29, 0.717) is 5.69 Å². The highest BCUT2D eigenvalue weighted by Gasteiger charge is 2.57. The Morgan fingerprint density at radius 3 is 2.62 bits per heavy atom. The Kier molecular flexibility index (Phi) is 5.30. The SMILES string of the molecule is NC(O)[C@H]1O[C@@](O)(n2ccnc2C(=O)Nc2ccc(I)cc2)[C@H](O)[C@@H]1O. The lowest BCUT2D eigenvalue weighted by Crippen LogP contribution is -2.47. The number of nitrogens with one attached hydrogen (secondary N) is 1. The fraction of sp³-hybridized carbons (Fsp3) is 0.333. The predicted octanol–water partition coefficient (Wildman–Crippen LogP) is -1.26. The second-order valence-electron chi connectivity index (χ2n) is 5.75. The lowest BCUT2D eigenvalue weighted by molar-refractivity contribution is -0.293. The van der Waals surface area contributed by atoms with Crippen LogP contribution in [0, 0.1) is 3.57 Å². The van der Waals surface area contributed by atoms with E-state index in [1.807, 2.05) is 0 Å². The molecule has 1 saturated heterocycles. The summed E-state index contributed by atoms with van der Waals surface area (Å²) in [6, 6.07) is 6.97. The third-order valence-corrected chi connectivity index (χ3v) is 4.70. The van der Waals surface area contributed by atoms with Gasteiger partial charge in [0.15, 0.2) is 6.10 Å². The van der Waals surface area contributed by atoms with E-state index in [1.54, 1.807) is 24.3 Å². The molecule has 0 bridgehead atoms. The summed E-state index contributed by atoms with van der Waals surface area (Å²) in [4.78, 5) is 16.4. The minimum atomic E-state index is -2.53. The van der Waals surface area contributed by atoms with Crippen LogP contribution in [0.1, 0.15) is 10.6 Å². The maximum Gasteiger partial charge on any atom is 0.291 e. The summed E-state index contributed by atoms with van der Waals surface area (Å²) in [6.45, 7) is 0. The van der Waals surface area contributed by atoms with Crippen LogP contribution in [0.4, 0.5) is 5.69 Å². The summed E-state index contributed by atoms with van der Waals surface area (Å²) in [6.07, 6.45) is -4.23. The molecule has 2 aromatic rings. The molecule has 0 radical (unpaired) electrons. The van der Waals surface area contributed by atoms with Gasteiger partial charge in [0.25, 0.3) is 11.8 Å². The number of benzene rings is 1. The van der Waals surface area contributed by atoms with Gasteiger partial charge in [-0.2, -0.15) is 0 Å². The minimum Gasteiger partial charge on any atom is -0.387 e. The van der Waals surface area contributed by atoms with Gasteiger partial charge >= 0.3 is 0 Å².